The molecule has 0 amide bonds. The SMILES string of the molecule is Clc1ccc(CSc2nnc(-c3cccs3)o2)cn1. The number of hydrogen-bond donors (Lipinski definition) is 0. The normalized spacial score (nSPS) is 10.8. The molecule has 3 rings (SSSR count). The second-order valence-electron chi connectivity index (χ2n) is 3.63. The van der Waals surface area contributed by atoms with Crippen molar-refractivity contribution in [3.05, 3.63) is 46.6 Å². The molecule has 0 unspecified atom stereocenters. The third-order valence-corrected chi connectivity index (χ3v) is 4.26. The van der Waals surface area contributed by atoms with E-state index in [2.05, 4.69) is 15.2 Å². The zero-order valence-corrected chi connectivity index (χ0v) is 12.0. The molecule has 0 aromatic carbocycles. The number of thioether (sulfide) groups is 1. The van der Waals surface area contributed by atoms with Crippen LogP contribution in [0.25, 0.3) is 10.8 Å². The van der Waals surface area contributed by atoms with Crippen LogP contribution in [0.2, 0.25) is 5.15 Å². The van der Waals surface area contributed by atoms with Crippen molar-refractivity contribution in [3.63, 3.8) is 0 Å². The summed E-state index contributed by atoms with van der Waals surface area (Å²) in [7, 11) is 0. The number of halogens is 1. The summed E-state index contributed by atoms with van der Waals surface area (Å²) in [6.07, 6.45) is 1.74. The standard InChI is InChI=1S/C12H8ClN3OS2/c13-10-4-3-8(6-14-10)7-19-12-16-15-11(17-12)9-2-1-5-18-9/h1-6H,7H2. The van der Waals surface area contributed by atoms with Gasteiger partial charge in [-0.3, -0.25) is 0 Å². The maximum atomic E-state index is 5.73. The maximum absolute atomic E-state index is 5.73. The monoisotopic (exact) mass is 309 g/mol. The molecule has 96 valence electrons. The first-order valence-electron chi connectivity index (χ1n) is 5.42. The lowest BCUT2D eigenvalue weighted by molar-refractivity contribution is 0.466. The summed E-state index contributed by atoms with van der Waals surface area (Å²) in [6.45, 7) is 0. The van der Waals surface area contributed by atoms with Crippen molar-refractivity contribution >= 4 is 34.7 Å². The first kappa shape index (κ1) is 12.7. The van der Waals surface area contributed by atoms with Crippen LogP contribution in [0.4, 0.5) is 0 Å². The smallest absolute Gasteiger partial charge is 0.277 e. The van der Waals surface area contributed by atoms with Crippen LogP contribution in [0.3, 0.4) is 0 Å². The van der Waals surface area contributed by atoms with E-state index in [9.17, 15) is 0 Å². The lowest BCUT2D eigenvalue weighted by Gasteiger charge is -1.97. The highest BCUT2D eigenvalue weighted by atomic mass is 35.5. The third-order valence-electron chi connectivity index (χ3n) is 2.29. The van der Waals surface area contributed by atoms with Gasteiger partial charge in [-0.15, -0.1) is 21.5 Å². The van der Waals surface area contributed by atoms with Crippen molar-refractivity contribution in [2.75, 3.05) is 0 Å². The van der Waals surface area contributed by atoms with Crippen molar-refractivity contribution < 1.29 is 4.42 Å². The van der Waals surface area contributed by atoms with E-state index in [1.54, 1.807) is 23.6 Å². The number of pyridine rings is 1. The van der Waals surface area contributed by atoms with Crippen LogP contribution in [0.1, 0.15) is 5.56 Å². The zero-order valence-electron chi connectivity index (χ0n) is 9.62. The molecule has 0 atom stereocenters. The number of rotatable bonds is 4. The highest BCUT2D eigenvalue weighted by Crippen LogP contribution is 2.27. The summed E-state index contributed by atoms with van der Waals surface area (Å²) in [5.41, 5.74) is 1.06. The summed E-state index contributed by atoms with van der Waals surface area (Å²) in [4.78, 5) is 5.00. The van der Waals surface area contributed by atoms with Crippen LogP contribution in [0.5, 0.6) is 0 Å². The summed E-state index contributed by atoms with van der Waals surface area (Å²) >= 11 is 8.79. The molecular weight excluding hydrogens is 302 g/mol. The molecule has 0 saturated carbocycles. The van der Waals surface area contributed by atoms with Crippen molar-refractivity contribution in [3.8, 4) is 10.8 Å². The Morgan fingerprint density at radius 2 is 2.21 bits per heavy atom. The molecule has 0 aliphatic heterocycles. The fourth-order valence-electron chi connectivity index (χ4n) is 1.40. The topological polar surface area (TPSA) is 51.8 Å². The molecule has 0 fully saturated rings. The molecule has 3 aromatic heterocycles. The number of hydrogen-bond acceptors (Lipinski definition) is 6. The predicted molar refractivity (Wildman–Crippen MR) is 76.4 cm³/mol. The molecule has 7 heteroatoms. The van der Waals surface area contributed by atoms with Gasteiger partial charge >= 0.3 is 0 Å². The molecule has 0 bridgehead atoms. The van der Waals surface area contributed by atoms with Gasteiger partial charge in [0, 0.05) is 11.9 Å². The minimum Gasteiger partial charge on any atom is -0.410 e. The minimum absolute atomic E-state index is 0.492. The first-order chi connectivity index (χ1) is 9.31. The number of aromatic nitrogens is 3. The van der Waals surface area contributed by atoms with Gasteiger partial charge in [-0.05, 0) is 23.1 Å². The molecule has 3 heterocycles. The van der Waals surface area contributed by atoms with Gasteiger partial charge in [0.2, 0.25) is 0 Å². The Balaban J connectivity index is 1.66. The molecule has 0 radical (unpaired) electrons. The Kier molecular flexibility index (Phi) is 3.82. The molecule has 3 aromatic rings. The van der Waals surface area contributed by atoms with E-state index in [4.69, 9.17) is 16.0 Å². The Morgan fingerprint density at radius 3 is 2.95 bits per heavy atom. The van der Waals surface area contributed by atoms with Crippen LogP contribution in [-0.4, -0.2) is 15.2 Å². The van der Waals surface area contributed by atoms with E-state index in [0.29, 0.717) is 16.3 Å². The van der Waals surface area contributed by atoms with Gasteiger partial charge in [0.05, 0.1) is 4.88 Å². The average Bonchev–Trinajstić information content (AvgIpc) is 3.09. The van der Waals surface area contributed by atoms with Crippen molar-refractivity contribution in [2.45, 2.75) is 11.0 Å². The van der Waals surface area contributed by atoms with Crippen LogP contribution in [-0.2, 0) is 5.75 Å². The quantitative estimate of drug-likeness (QED) is 0.535. The fourth-order valence-corrected chi connectivity index (χ4v) is 2.86. The van der Waals surface area contributed by atoms with E-state index in [1.807, 2.05) is 23.6 Å². The van der Waals surface area contributed by atoms with Crippen molar-refractivity contribution in [1.82, 2.24) is 15.2 Å². The van der Waals surface area contributed by atoms with Gasteiger partial charge < -0.3 is 4.42 Å². The molecule has 0 spiro atoms. The van der Waals surface area contributed by atoms with Crippen LogP contribution in [0.15, 0.2) is 45.5 Å². The van der Waals surface area contributed by atoms with Crippen LogP contribution in [0, 0.1) is 0 Å². The average molecular weight is 310 g/mol. The third kappa shape index (κ3) is 3.15. The second kappa shape index (κ2) is 5.73. The van der Waals surface area contributed by atoms with Gasteiger partial charge in [-0.1, -0.05) is 35.5 Å². The van der Waals surface area contributed by atoms with Crippen LogP contribution >= 0.6 is 34.7 Å². The Labute approximate surface area is 122 Å². The molecule has 19 heavy (non-hydrogen) atoms. The highest BCUT2D eigenvalue weighted by Gasteiger charge is 2.09. The maximum Gasteiger partial charge on any atom is 0.277 e. The molecule has 0 saturated heterocycles. The van der Waals surface area contributed by atoms with Gasteiger partial charge in [0.1, 0.15) is 5.15 Å². The Bertz CT molecular complexity index is 652. The van der Waals surface area contributed by atoms with Gasteiger partial charge in [-0.25, -0.2) is 4.98 Å². The summed E-state index contributed by atoms with van der Waals surface area (Å²) in [6, 6.07) is 7.60. The van der Waals surface area contributed by atoms with Gasteiger partial charge in [0.25, 0.3) is 11.1 Å². The molecule has 0 N–H and O–H groups in total. The van der Waals surface area contributed by atoms with E-state index in [0.717, 1.165) is 16.2 Å². The Hall–Kier alpha value is -1.37. The van der Waals surface area contributed by atoms with E-state index < -0.39 is 0 Å². The molecular formula is C12H8ClN3OS2. The largest absolute Gasteiger partial charge is 0.410 e. The van der Waals surface area contributed by atoms with Gasteiger partial charge in [-0.2, -0.15) is 0 Å². The number of thiophene rings is 1. The van der Waals surface area contributed by atoms with Crippen LogP contribution < -0.4 is 0 Å². The highest BCUT2D eigenvalue weighted by molar-refractivity contribution is 7.98. The lowest BCUT2D eigenvalue weighted by atomic mass is 10.3. The predicted octanol–water partition coefficient (Wildman–Crippen LogP) is 4.14. The second-order valence-corrected chi connectivity index (χ2v) is 5.89. The van der Waals surface area contributed by atoms with E-state index in [1.165, 1.54) is 11.8 Å². The minimum atomic E-state index is 0.492. The first-order valence-corrected chi connectivity index (χ1v) is 7.66. The van der Waals surface area contributed by atoms with Crippen molar-refractivity contribution in [2.24, 2.45) is 0 Å². The molecule has 4 nitrogen and oxygen atoms in total. The summed E-state index contributed by atoms with van der Waals surface area (Å²) in [5.74, 6) is 1.28. The zero-order chi connectivity index (χ0) is 13.1. The summed E-state index contributed by atoms with van der Waals surface area (Å²) < 4.78 is 5.58. The lowest BCUT2D eigenvalue weighted by Crippen LogP contribution is -1.83. The Morgan fingerprint density at radius 1 is 1.26 bits per heavy atom. The van der Waals surface area contributed by atoms with Gasteiger partial charge in [0.15, 0.2) is 0 Å². The van der Waals surface area contributed by atoms with E-state index in [-0.39, 0.29) is 0 Å². The molecule has 0 aliphatic carbocycles. The number of nitrogens with zero attached hydrogens (tertiary/aromatic N) is 3. The van der Waals surface area contributed by atoms with E-state index >= 15 is 0 Å². The summed E-state index contributed by atoms with van der Waals surface area (Å²) in [5, 5.41) is 11.1. The molecule has 0 aliphatic rings. The van der Waals surface area contributed by atoms with Crippen molar-refractivity contribution in [1.29, 1.82) is 0 Å². The fraction of sp³-hybridized carbons (Fsp3) is 0.0833.